The maximum absolute atomic E-state index is 13.1. The predicted octanol–water partition coefficient (Wildman–Crippen LogP) is 3.51. The second kappa shape index (κ2) is 5.15. The number of benzene rings is 1. The number of carbonyl (C=O) groups is 1. The first-order valence-electron chi connectivity index (χ1n) is 5.14. The van der Waals surface area contributed by atoms with Crippen molar-refractivity contribution >= 4 is 16.8 Å². The molecule has 4 heteroatoms. The van der Waals surface area contributed by atoms with Crippen molar-refractivity contribution in [2.75, 3.05) is 0 Å². The first-order chi connectivity index (χ1) is 8.16. The molecule has 1 atom stereocenters. The molecule has 1 unspecified atom stereocenters. The fourth-order valence-corrected chi connectivity index (χ4v) is 1.89. The van der Waals surface area contributed by atoms with Gasteiger partial charge in [-0.05, 0) is 41.4 Å². The molecular weight excluding hydrogens is 243 g/mol. The Morgan fingerprint density at radius 2 is 2.18 bits per heavy atom. The zero-order valence-electron chi connectivity index (χ0n) is 8.90. The number of rotatable bonds is 4. The monoisotopic (exact) mass is 252 g/mol. The maximum atomic E-state index is 13.1. The summed E-state index contributed by atoms with van der Waals surface area (Å²) in [6, 6.07) is 9.36. The molecule has 1 aromatic carbocycles. The van der Waals surface area contributed by atoms with E-state index in [1.807, 2.05) is 0 Å². The largest absolute Gasteiger partial charge is 0.469 e. The lowest BCUT2D eigenvalue weighted by atomic mass is 9.96. The van der Waals surface area contributed by atoms with E-state index >= 15 is 0 Å². The Hall–Kier alpha value is -1.61. The van der Waals surface area contributed by atoms with Gasteiger partial charge in [0.2, 0.25) is 5.24 Å². The summed E-state index contributed by atoms with van der Waals surface area (Å²) in [5, 5.41) is -0.521. The van der Waals surface area contributed by atoms with Crippen LogP contribution in [0, 0.1) is 5.82 Å². The van der Waals surface area contributed by atoms with Gasteiger partial charge in [-0.15, -0.1) is 0 Å². The molecule has 17 heavy (non-hydrogen) atoms. The van der Waals surface area contributed by atoms with Crippen LogP contribution in [0.15, 0.2) is 47.1 Å². The summed E-state index contributed by atoms with van der Waals surface area (Å²) in [5.41, 5.74) is 0.557. The van der Waals surface area contributed by atoms with Gasteiger partial charge in [0.05, 0.1) is 12.2 Å². The van der Waals surface area contributed by atoms with Crippen molar-refractivity contribution < 1.29 is 13.6 Å². The van der Waals surface area contributed by atoms with E-state index in [1.54, 1.807) is 24.3 Å². The molecule has 0 aliphatic heterocycles. The van der Waals surface area contributed by atoms with Crippen LogP contribution in [-0.2, 0) is 11.2 Å². The minimum Gasteiger partial charge on any atom is -0.469 e. The molecule has 88 valence electrons. The quantitative estimate of drug-likeness (QED) is 0.780. The van der Waals surface area contributed by atoms with Gasteiger partial charge in [0.1, 0.15) is 11.6 Å². The van der Waals surface area contributed by atoms with Crippen molar-refractivity contribution in [3.05, 3.63) is 59.8 Å². The molecule has 1 heterocycles. The van der Waals surface area contributed by atoms with E-state index in [4.69, 9.17) is 16.0 Å². The van der Waals surface area contributed by atoms with Gasteiger partial charge in [0.25, 0.3) is 0 Å². The Kier molecular flexibility index (Phi) is 3.59. The van der Waals surface area contributed by atoms with Gasteiger partial charge >= 0.3 is 0 Å². The Morgan fingerprint density at radius 1 is 1.35 bits per heavy atom. The summed E-state index contributed by atoms with van der Waals surface area (Å²) in [4.78, 5) is 11.4. The molecule has 2 nitrogen and oxygen atoms in total. The number of hydrogen-bond acceptors (Lipinski definition) is 2. The highest BCUT2D eigenvalue weighted by Gasteiger charge is 2.20. The lowest BCUT2D eigenvalue weighted by Gasteiger charge is -2.11. The van der Waals surface area contributed by atoms with Crippen molar-refractivity contribution in [2.24, 2.45) is 0 Å². The summed E-state index contributed by atoms with van der Waals surface area (Å²) >= 11 is 5.54. The fraction of sp³-hybridized carbons (Fsp3) is 0.154. The van der Waals surface area contributed by atoms with Crippen molar-refractivity contribution in [3.63, 3.8) is 0 Å². The van der Waals surface area contributed by atoms with Crippen LogP contribution in [0.3, 0.4) is 0 Å². The lowest BCUT2D eigenvalue weighted by molar-refractivity contribution is -0.113. The van der Waals surface area contributed by atoms with Crippen LogP contribution >= 0.6 is 11.6 Å². The summed E-state index contributed by atoms with van der Waals surface area (Å²) in [7, 11) is 0. The molecule has 2 aromatic rings. The Labute approximate surface area is 103 Å². The first-order valence-corrected chi connectivity index (χ1v) is 5.52. The predicted molar refractivity (Wildman–Crippen MR) is 62.4 cm³/mol. The van der Waals surface area contributed by atoms with E-state index in [2.05, 4.69) is 0 Å². The number of furan rings is 1. The van der Waals surface area contributed by atoms with Crippen LogP contribution in [-0.4, -0.2) is 5.24 Å². The third-order valence-electron chi connectivity index (χ3n) is 2.51. The van der Waals surface area contributed by atoms with Crippen molar-refractivity contribution in [1.82, 2.24) is 0 Å². The molecule has 0 amide bonds. The Balaban J connectivity index is 2.26. The molecule has 0 saturated heterocycles. The summed E-state index contributed by atoms with van der Waals surface area (Å²) in [5.74, 6) is -0.323. The standard InChI is InChI=1S/C13H10ClFO2/c14-13(16)12(8-11-5-2-6-17-11)9-3-1-4-10(15)7-9/h1-7,12H,8H2. The van der Waals surface area contributed by atoms with E-state index in [0.29, 0.717) is 17.7 Å². The van der Waals surface area contributed by atoms with Gasteiger partial charge in [0, 0.05) is 6.42 Å². The van der Waals surface area contributed by atoms with Gasteiger partial charge < -0.3 is 4.42 Å². The zero-order valence-corrected chi connectivity index (χ0v) is 9.65. The summed E-state index contributed by atoms with van der Waals surface area (Å²) in [6.07, 6.45) is 1.86. The fourth-order valence-electron chi connectivity index (χ4n) is 1.68. The normalized spacial score (nSPS) is 12.4. The average molecular weight is 253 g/mol. The molecule has 0 saturated carbocycles. The van der Waals surface area contributed by atoms with Crippen LogP contribution < -0.4 is 0 Å². The summed E-state index contributed by atoms with van der Waals surface area (Å²) < 4.78 is 18.3. The van der Waals surface area contributed by atoms with E-state index in [9.17, 15) is 9.18 Å². The van der Waals surface area contributed by atoms with Gasteiger partial charge in [-0.25, -0.2) is 4.39 Å². The Bertz CT molecular complexity index is 508. The highest BCUT2D eigenvalue weighted by atomic mass is 35.5. The van der Waals surface area contributed by atoms with E-state index < -0.39 is 11.2 Å². The molecule has 0 radical (unpaired) electrons. The minimum atomic E-state index is -0.585. The molecule has 0 aliphatic rings. The molecule has 0 bridgehead atoms. The van der Waals surface area contributed by atoms with Crippen molar-refractivity contribution in [3.8, 4) is 0 Å². The van der Waals surface area contributed by atoms with Gasteiger partial charge in [-0.2, -0.15) is 0 Å². The zero-order chi connectivity index (χ0) is 12.3. The lowest BCUT2D eigenvalue weighted by Crippen LogP contribution is -2.10. The van der Waals surface area contributed by atoms with Crippen LogP contribution in [0.4, 0.5) is 4.39 Å². The first kappa shape index (κ1) is 11.9. The number of carbonyl (C=O) groups excluding carboxylic acids is 1. The second-order valence-electron chi connectivity index (χ2n) is 3.70. The highest BCUT2D eigenvalue weighted by Crippen LogP contribution is 2.24. The maximum Gasteiger partial charge on any atom is 0.229 e. The highest BCUT2D eigenvalue weighted by molar-refractivity contribution is 6.64. The molecule has 0 spiro atoms. The van der Waals surface area contributed by atoms with E-state index in [-0.39, 0.29) is 5.82 Å². The molecule has 1 aromatic heterocycles. The third-order valence-corrected chi connectivity index (χ3v) is 2.77. The van der Waals surface area contributed by atoms with Gasteiger partial charge in [-0.1, -0.05) is 12.1 Å². The SMILES string of the molecule is O=C(Cl)C(Cc1ccco1)c1cccc(F)c1. The third kappa shape index (κ3) is 2.94. The molecule has 0 fully saturated rings. The van der Waals surface area contributed by atoms with Crippen LogP contribution in [0.2, 0.25) is 0 Å². The van der Waals surface area contributed by atoms with Gasteiger partial charge in [0.15, 0.2) is 0 Å². The average Bonchev–Trinajstić information content (AvgIpc) is 2.78. The second-order valence-corrected chi connectivity index (χ2v) is 4.07. The van der Waals surface area contributed by atoms with Crippen LogP contribution in [0.5, 0.6) is 0 Å². The van der Waals surface area contributed by atoms with E-state index in [1.165, 1.54) is 18.4 Å². The van der Waals surface area contributed by atoms with Crippen LogP contribution in [0.1, 0.15) is 17.2 Å². The summed E-state index contributed by atoms with van der Waals surface area (Å²) in [6.45, 7) is 0. The smallest absolute Gasteiger partial charge is 0.229 e. The van der Waals surface area contributed by atoms with E-state index in [0.717, 1.165) is 0 Å². The van der Waals surface area contributed by atoms with Crippen molar-refractivity contribution in [2.45, 2.75) is 12.3 Å². The van der Waals surface area contributed by atoms with Crippen LogP contribution in [0.25, 0.3) is 0 Å². The Morgan fingerprint density at radius 3 is 2.76 bits per heavy atom. The topological polar surface area (TPSA) is 30.2 Å². The molecule has 2 rings (SSSR count). The molecular formula is C13H10ClFO2. The number of hydrogen-bond donors (Lipinski definition) is 0. The molecule has 0 N–H and O–H groups in total. The molecule has 0 aliphatic carbocycles. The minimum absolute atomic E-state index is 0.332. The van der Waals surface area contributed by atoms with Gasteiger partial charge in [-0.3, -0.25) is 4.79 Å². The number of halogens is 2. The van der Waals surface area contributed by atoms with Crippen molar-refractivity contribution in [1.29, 1.82) is 0 Å².